The van der Waals surface area contributed by atoms with Gasteiger partial charge in [-0.2, -0.15) is 0 Å². The molecule has 0 aliphatic heterocycles. The van der Waals surface area contributed by atoms with Gasteiger partial charge in [-0.15, -0.1) is 0 Å². The molecule has 1 heterocycles. The zero-order chi connectivity index (χ0) is 13.9. The molecule has 20 heavy (non-hydrogen) atoms. The van der Waals surface area contributed by atoms with Crippen LogP contribution in [-0.2, 0) is 0 Å². The van der Waals surface area contributed by atoms with Gasteiger partial charge in [0.1, 0.15) is 5.76 Å². The lowest BCUT2D eigenvalue weighted by Gasteiger charge is -2.14. The molecule has 0 saturated carbocycles. The van der Waals surface area contributed by atoms with Gasteiger partial charge in [-0.25, -0.2) is 4.79 Å². The SMILES string of the molecule is CCC(c1ccccc1)c1cc2ccccc2c(=O)o1. The highest BCUT2D eigenvalue weighted by atomic mass is 16.4. The van der Waals surface area contributed by atoms with E-state index in [-0.39, 0.29) is 11.5 Å². The van der Waals surface area contributed by atoms with Crippen molar-refractivity contribution in [2.24, 2.45) is 0 Å². The van der Waals surface area contributed by atoms with Crippen LogP contribution >= 0.6 is 0 Å². The second-order valence-corrected chi connectivity index (χ2v) is 4.89. The monoisotopic (exact) mass is 264 g/mol. The highest BCUT2D eigenvalue weighted by Gasteiger charge is 2.16. The van der Waals surface area contributed by atoms with Gasteiger partial charge in [0, 0.05) is 5.92 Å². The van der Waals surface area contributed by atoms with Crippen LogP contribution in [0.25, 0.3) is 10.8 Å². The number of fused-ring (bicyclic) bond motifs is 1. The topological polar surface area (TPSA) is 30.2 Å². The van der Waals surface area contributed by atoms with Crippen molar-refractivity contribution in [3.63, 3.8) is 0 Å². The quantitative estimate of drug-likeness (QED) is 0.704. The summed E-state index contributed by atoms with van der Waals surface area (Å²) in [6, 6.07) is 19.7. The van der Waals surface area contributed by atoms with E-state index < -0.39 is 0 Å². The summed E-state index contributed by atoms with van der Waals surface area (Å²) in [6.07, 6.45) is 0.894. The molecule has 100 valence electrons. The number of hydrogen-bond acceptors (Lipinski definition) is 2. The van der Waals surface area contributed by atoms with Gasteiger partial charge >= 0.3 is 5.63 Å². The Balaban J connectivity index is 2.16. The summed E-state index contributed by atoms with van der Waals surface area (Å²) >= 11 is 0. The summed E-state index contributed by atoms with van der Waals surface area (Å²) in [4.78, 5) is 12.1. The molecule has 2 aromatic carbocycles. The Bertz CT molecular complexity index is 772. The number of rotatable bonds is 3. The minimum absolute atomic E-state index is 0.119. The first kappa shape index (κ1) is 12.7. The van der Waals surface area contributed by atoms with E-state index >= 15 is 0 Å². The molecule has 0 saturated heterocycles. The lowest BCUT2D eigenvalue weighted by Crippen LogP contribution is -2.06. The van der Waals surface area contributed by atoms with Gasteiger partial charge < -0.3 is 4.42 Å². The second kappa shape index (κ2) is 5.33. The molecule has 0 amide bonds. The van der Waals surface area contributed by atoms with Gasteiger partial charge in [0.2, 0.25) is 0 Å². The molecule has 0 N–H and O–H groups in total. The molecule has 0 aliphatic carbocycles. The van der Waals surface area contributed by atoms with Crippen LogP contribution in [0.2, 0.25) is 0 Å². The Labute approximate surface area is 117 Å². The first-order valence-corrected chi connectivity index (χ1v) is 6.87. The lowest BCUT2D eigenvalue weighted by atomic mass is 9.93. The molecule has 0 aliphatic rings. The summed E-state index contributed by atoms with van der Waals surface area (Å²) in [6.45, 7) is 2.10. The van der Waals surface area contributed by atoms with Crippen LogP contribution in [0.4, 0.5) is 0 Å². The van der Waals surface area contributed by atoms with Crippen LogP contribution in [0.3, 0.4) is 0 Å². The van der Waals surface area contributed by atoms with Crippen molar-refractivity contribution in [1.29, 1.82) is 0 Å². The molecule has 1 unspecified atom stereocenters. The van der Waals surface area contributed by atoms with E-state index in [0.29, 0.717) is 5.39 Å². The first-order chi connectivity index (χ1) is 9.79. The summed E-state index contributed by atoms with van der Waals surface area (Å²) < 4.78 is 5.54. The van der Waals surface area contributed by atoms with E-state index in [1.807, 2.05) is 42.5 Å². The van der Waals surface area contributed by atoms with Gasteiger partial charge in [-0.1, -0.05) is 55.5 Å². The number of benzene rings is 2. The maximum atomic E-state index is 12.1. The van der Waals surface area contributed by atoms with Crippen LogP contribution in [-0.4, -0.2) is 0 Å². The molecule has 3 rings (SSSR count). The minimum Gasteiger partial charge on any atom is -0.427 e. The predicted molar refractivity (Wildman–Crippen MR) is 81.1 cm³/mol. The van der Waals surface area contributed by atoms with Crippen molar-refractivity contribution in [2.45, 2.75) is 19.3 Å². The Morgan fingerprint density at radius 2 is 1.70 bits per heavy atom. The van der Waals surface area contributed by atoms with Gasteiger partial charge in [-0.05, 0) is 29.5 Å². The lowest BCUT2D eigenvalue weighted by molar-refractivity contribution is 0.443. The van der Waals surface area contributed by atoms with Crippen molar-refractivity contribution < 1.29 is 4.42 Å². The summed E-state index contributed by atoms with van der Waals surface area (Å²) in [5.74, 6) is 0.857. The molecule has 3 aromatic rings. The molecule has 0 spiro atoms. The first-order valence-electron chi connectivity index (χ1n) is 6.87. The van der Waals surface area contributed by atoms with E-state index in [2.05, 4.69) is 19.1 Å². The van der Waals surface area contributed by atoms with Crippen molar-refractivity contribution in [3.8, 4) is 0 Å². The molecule has 0 fully saturated rings. The third kappa shape index (κ3) is 2.25. The number of hydrogen-bond donors (Lipinski definition) is 0. The summed E-state index contributed by atoms with van der Waals surface area (Å²) in [7, 11) is 0. The Kier molecular flexibility index (Phi) is 3.38. The average Bonchev–Trinajstić information content (AvgIpc) is 2.49. The van der Waals surface area contributed by atoms with Gasteiger partial charge in [0.05, 0.1) is 5.39 Å². The van der Waals surface area contributed by atoms with Crippen LogP contribution in [0.15, 0.2) is 69.9 Å². The van der Waals surface area contributed by atoms with E-state index in [1.165, 1.54) is 5.56 Å². The van der Waals surface area contributed by atoms with E-state index in [1.54, 1.807) is 6.07 Å². The summed E-state index contributed by atoms with van der Waals surface area (Å²) in [5, 5.41) is 1.58. The van der Waals surface area contributed by atoms with Crippen molar-refractivity contribution in [1.82, 2.24) is 0 Å². The predicted octanol–water partition coefficient (Wildman–Crippen LogP) is 4.33. The Morgan fingerprint density at radius 3 is 2.45 bits per heavy atom. The molecule has 1 aromatic heterocycles. The van der Waals surface area contributed by atoms with Crippen LogP contribution in [0, 0.1) is 0 Å². The maximum absolute atomic E-state index is 12.1. The fourth-order valence-corrected chi connectivity index (χ4v) is 2.61. The minimum atomic E-state index is -0.257. The highest BCUT2D eigenvalue weighted by molar-refractivity contribution is 5.81. The molecule has 1 atom stereocenters. The van der Waals surface area contributed by atoms with E-state index in [9.17, 15) is 4.79 Å². The Hall–Kier alpha value is -2.35. The zero-order valence-corrected chi connectivity index (χ0v) is 11.4. The highest BCUT2D eigenvalue weighted by Crippen LogP contribution is 2.28. The van der Waals surface area contributed by atoms with Crippen LogP contribution in [0.1, 0.15) is 30.6 Å². The third-order valence-corrected chi connectivity index (χ3v) is 3.64. The smallest absolute Gasteiger partial charge is 0.343 e. The van der Waals surface area contributed by atoms with Gasteiger partial charge in [0.25, 0.3) is 0 Å². The standard InChI is InChI=1S/C18H16O2/c1-2-15(13-8-4-3-5-9-13)17-12-14-10-6-7-11-16(14)18(19)20-17/h3-12,15H,2H2,1H3. The van der Waals surface area contributed by atoms with Gasteiger partial charge in [0.15, 0.2) is 0 Å². The summed E-state index contributed by atoms with van der Waals surface area (Å²) in [5.41, 5.74) is 0.918. The molecule has 2 heteroatoms. The fraction of sp³-hybridized carbons (Fsp3) is 0.167. The van der Waals surface area contributed by atoms with Crippen molar-refractivity contribution in [2.75, 3.05) is 0 Å². The molecule has 0 bridgehead atoms. The van der Waals surface area contributed by atoms with Gasteiger partial charge in [-0.3, -0.25) is 0 Å². The largest absolute Gasteiger partial charge is 0.427 e. The maximum Gasteiger partial charge on any atom is 0.343 e. The zero-order valence-electron chi connectivity index (χ0n) is 11.4. The fourth-order valence-electron chi connectivity index (χ4n) is 2.61. The molecular weight excluding hydrogens is 248 g/mol. The molecule has 0 radical (unpaired) electrons. The third-order valence-electron chi connectivity index (χ3n) is 3.64. The molecular formula is C18H16O2. The van der Waals surface area contributed by atoms with E-state index in [4.69, 9.17) is 4.42 Å². The van der Waals surface area contributed by atoms with Crippen LogP contribution < -0.4 is 5.63 Å². The normalized spacial score (nSPS) is 12.4. The van der Waals surface area contributed by atoms with Crippen molar-refractivity contribution in [3.05, 3.63) is 82.4 Å². The van der Waals surface area contributed by atoms with Crippen molar-refractivity contribution >= 4 is 10.8 Å². The second-order valence-electron chi connectivity index (χ2n) is 4.89. The van der Waals surface area contributed by atoms with Crippen LogP contribution in [0.5, 0.6) is 0 Å². The van der Waals surface area contributed by atoms with E-state index in [0.717, 1.165) is 17.6 Å². The Morgan fingerprint density at radius 1 is 1.00 bits per heavy atom. The molecule has 2 nitrogen and oxygen atoms in total. The average molecular weight is 264 g/mol.